The van der Waals surface area contributed by atoms with Crippen molar-refractivity contribution in [3.05, 3.63) is 29.8 Å². The number of amides is 1. The van der Waals surface area contributed by atoms with Crippen LogP contribution in [0.4, 0.5) is 4.79 Å². The van der Waals surface area contributed by atoms with E-state index in [9.17, 15) is 4.79 Å². The van der Waals surface area contributed by atoms with Crippen LogP contribution in [0.25, 0.3) is 0 Å². The molecule has 3 rings (SSSR count). The van der Waals surface area contributed by atoms with Crippen molar-refractivity contribution in [2.45, 2.75) is 70.3 Å². The van der Waals surface area contributed by atoms with Crippen LogP contribution in [0.1, 0.15) is 45.6 Å². The minimum Gasteiger partial charge on any atom is -0.497 e. The first-order valence-corrected chi connectivity index (χ1v) is 8.74. The molecular weight excluding hydrogens is 304 g/mol. The van der Waals surface area contributed by atoms with Crippen molar-refractivity contribution in [2.75, 3.05) is 7.11 Å². The molecule has 0 saturated carbocycles. The van der Waals surface area contributed by atoms with E-state index in [0.29, 0.717) is 12.1 Å². The average Bonchev–Trinajstić information content (AvgIpc) is 3.02. The molecular formula is C19H28N2O3. The van der Waals surface area contributed by atoms with E-state index in [1.807, 2.05) is 32.9 Å². The topological polar surface area (TPSA) is 50.8 Å². The van der Waals surface area contributed by atoms with E-state index in [0.717, 1.165) is 25.1 Å². The number of carbonyl (C=O) groups is 1. The third-order valence-electron chi connectivity index (χ3n) is 4.91. The van der Waals surface area contributed by atoms with Crippen molar-refractivity contribution in [3.63, 3.8) is 0 Å². The lowest BCUT2D eigenvalue weighted by Gasteiger charge is -2.27. The number of alkyl carbamates (subject to hydrolysis) is 1. The number of ether oxygens (including phenoxy) is 2. The highest BCUT2D eigenvalue weighted by Crippen LogP contribution is 2.39. The lowest BCUT2D eigenvalue weighted by molar-refractivity contribution is 0.0491. The second-order valence-electron chi connectivity index (χ2n) is 7.81. The van der Waals surface area contributed by atoms with Gasteiger partial charge >= 0.3 is 6.09 Å². The molecule has 2 heterocycles. The van der Waals surface area contributed by atoms with Gasteiger partial charge in [0.25, 0.3) is 0 Å². The van der Waals surface area contributed by atoms with Gasteiger partial charge < -0.3 is 14.8 Å². The molecule has 2 bridgehead atoms. The second-order valence-corrected chi connectivity index (χ2v) is 7.81. The van der Waals surface area contributed by atoms with Gasteiger partial charge in [-0.3, -0.25) is 4.90 Å². The van der Waals surface area contributed by atoms with Gasteiger partial charge in [-0.05, 0) is 57.7 Å². The van der Waals surface area contributed by atoms with Gasteiger partial charge in [-0.15, -0.1) is 0 Å². The number of nitrogens with one attached hydrogen (secondary N) is 1. The first-order valence-electron chi connectivity index (χ1n) is 8.74. The summed E-state index contributed by atoms with van der Waals surface area (Å²) in [6, 6.07) is 9.39. The van der Waals surface area contributed by atoms with Crippen molar-refractivity contribution in [1.82, 2.24) is 10.2 Å². The van der Waals surface area contributed by atoms with E-state index in [-0.39, 0.29) is 12.1 Å². The Balaban J connectivity index is 1.59. The van der Waals surface area contributed by atoms with Crippen LogP contribution in [0.5, 0.6) is 5.75 Å². The molecule has 132 valence electrons. The Morgan fingerprint density at radius 1 is 1.25 bits per heavy atom. The van der Waals surface area contributed by atoms with Crippen molar-refractivity contribution in [3.8, 4) is 5.75 Å². The summed E-state index contributed by atoms with van der Waals surface area (Å²) in [5.41, 5.74) is 0.829. The van der Waals surface area contributed by atoms with Crippen molar-refractivity contribution in [2.24, 2.45) is 0 Å². The van der Waals surface area contributed by atoms with E-state index in [1.165, 1.54) is 12.0 Å². The van der Waals surface area contributed by atoms with Crippen LogP contribution < -0.4 is 10.1 Å². The lowest BCUT2D eigenvalue weighted by atomic mass is 9.96. The number of carbonyl (C=O) groups excluding carboxylic acids is 1. The van der Waals surface area contributed by atoms with Gasteiger partial charge in [0, 0.05) is 24.7 Å². The summed E-state index contributed by atoms with van der Waals surface area (Å²) < 4.78 is 10.6. The minimum absolute atomic E-state index is 0.192. The third-order valence-corrected chi connectivity index (χ3v) is 4.91. The zero-order valence-corrected chi connectivity index (χ0v) is 15.0. The predicted octanol–water partition coefficient (Wildman–Crippen LogP) is 3.33. The maximum atomic E-state index is 12.1. The van der Waals surface area contributed by atoms with Crippen LogP contribution in [0.15, 0.2) is 24.3 Å². The Bertz CT molecular complexity index is 579. The quantitative estimate of drug-likeness (QED) is 0.919. The molecule has 0 aliphatic carbocycles. The zero-order chi connectivity index (χ0) is 17.3. The molecule has 1 aromatic carbocycles. The summed E-state index contributed by atoms with van der Waals surface area (Å²) in [5.74, 6) is 0.882. The third kappa shape index (κ3) is 3.83. The monoisotopic (exact) mass is 332 g/mol. The molecule has 2 fully saturated rings. The van der Waals surface area contributed by atoms with Crippen LogP contribution in [0.2, 0.25) is 0 Å². The minimum atomic E-state index is -0.454. The number of hydrogen-bond donors (Lipinski definition) is 1. The molecule has 0 aromatic heterocycles. The van der Waals surface area contributed by atoms with Gasteiger partial charge in [0.05, 0.1) is 7.11 Å². The summed E-state index contributed by atoms with van der Waals surface area (Å²) in [6.07, 6.45) is 3.07. The van der Waals surface area contributed by atoms with Gasteiger partial charge in [-0.1, -0.05) is 12.1 Å². The van der Waals surface area contributed by atoms with Gasteiger partial charge in [-0.25, -0.2) is 4.79 Å². The van der Waals surface area contributed by atoms with Gasteiger partial charge in [-0.2, -0.15) is 0 Å². The second kappa shape index (κ2) is 6.63. The first kappa shape index (κ1) is 17.1. The van der Waals surface area contributed by atoms with Gasteiger partial charge in [0.15, 0.2) is 0 Å². The zero-order valence-electron chi connectivity index (χ0n) is 15.0. The molecule has 0 unspecified atom stereocenters. The normalized spacial score (nSPS) is 26.4. The molecule has 1 aromatic rings. The number of nitrogens with zero attached hydrogens (tertiary/aromatic N) is 1. The Morgan fingerprint density at radius 2 is 1.96 bits per heavy atom. The average molecular weight is 332 g/mol. The lowest BCUT2D eigenvalue weighted by Crippen LogP contribution is -2.45. The van der Waals surface area contributed by atoms with Crippen LogP contribution in [0.3, 0.4) is 0 Å². The highest BCUT2D eigenvalue weighted by Gasteiger charge is 2.46. The number of benzene rings is 1. The largest absolute Gasteiger partial charge is 0.497 e. The fourth-order valence-electron chi connectivity index (χ4n) is 3.90. The fraction of sp³-hybridized carbons (Fsp3) is 0.632. The van der Waals surface area contributed by atoms with Gasteiger partial charge in [0.1, 0.15) is 11.4 Å². The molecule has 24 heavy (non-hydrogen) atoms. The Hall–Kier alpha value is -1.75. The highest BCUT2D eigenvalue weighted by atomic mass is 16.6. The van der Waals surface area contributed by atoms with Crippen molar-refractivity contribution < 1.29 is 14.3 Å². The fourth-order valence-corrected chi connectivity index (χ4v) is 3.90. The first-order chi connectivity index (χ1) is 11.4. The molecule has 2 aliphatic rings. The maximum absolute atomic E-state index is 12.1. The number of fused-ring (bicyclic) bond motifs is 2. The van der Waals surface area contributed by atoms with E-state index in [4.69, 9.17) is 9.47 Å². The Kier molecular flexibility index (Phi) is 4.72. The smallest absolute Gasteiger partial charge is 0.407 e. The number of rotatable bonds is 4. The van der Waals surface area contributed by atoms with E-state index in [2.05, 4.69) is 22.3 Å². The molecule has 2 saturated heterocycles. The van der Waals surface area contributed by atoms with Gasteiger partial charge in [0.2, 0.25) is 0 Å². The number of methoxy groups -OCH3 is 1. The molecule has 5 nitrogen and oxygen atoms in total. The van der Waals surface area contributed by atoms with E-state index in [1.54, 1.807) is 7.11 Å². The molecule has 0 radical (unpaired) electrons. The summed E-state index contributed by atoms with van der Waals surface area (Å²) in [5, 5.41) is 3.08. The summed E-state index contributed by atoms with van der Waals surface area (Å²) in [6.45, 7) is 6.60. The predicted molar refractivity (Wildman–Crippen MR) is 93.1 cm³/mol. The SMILES string of the molecule is COc1ccc(CN2[C@@H]3CC[C@H]2[C@@H](NC(=O)OC(C)(C)C)C3)cc1. The van der Waals surface area contributed by atoms with Crippen LogP contribution in [-0.2, 0) is 11.3 Å². The molecule has 1 N–H and O–H groups in total. The Morgan fingerprint density at radius 3 is 2.58 bits per heavy atom. The highest BCUT2D eigenvalue weighted by molar-refractivity contribution is 5.68. The molecule has 0 spiro atoms. The summed E-state index contributed by atoms with van der Waals surface area (Å²) >= 11 is 0. The summed E-state index contributed by atoms with van der Waals surface area (Å²) in [7, 11) is 1.68. The van der Waals surface area contributed by atoms with Crippen LogP contribution in [-0.4, -0.2) is 41.8 Å². The Labute approximate surface area is 144 Å². The van der Waals surface area contributed by atoms with Crippen molar-refractivity contribution in [1.29, 1.82) is 0 Å². The van der Waals surface area contributed by atoms with Crippen molar-refractivity contribution >= 4 is 6.09 Å². The molecule has 3 atom stereocenters. The molecule has 2 aliphatic heterocycles. The molecule has 5 heteroatoms. The van der Waals surface area contributed by atoms with Crippen LogP contribution in [0, 0.1) is 0 Å². The number of hydrogen-bond acceptors (Lipinski definition) is 4. The summed E-state index contributed by atoms with van der Waals surface area (Å²) in [4.78, 5) is 14.6. The van der Waals surface area contributed by atoms with E-state index < -0.39 is 5.60 Å². The standard InChI is InChI=1S/C19H28N2O3/c1-19(2,3)24-18(22)20-16-11-14-7-10-17(16)21(14)12-13-5-8-15(23-4)9-6-13/h5-6,8-9,14,16-17H,7,10-12H2,1-4H3,(H,20,22)/t14-,16+,17+/m1/s1. The van der Waals surface area contributed by atoms with Crippen LogP contribution >= 0.6 is 0 Å². The van der Waals surface area contributed by atoms with E-state index >= 15 is 0 Å². The molecule has 1 amide bonds. The maximum Gasteiger partial charge on any atom is 0.407 e.